The van der Waals surface area contributed by atoms with Crippen molar-refractivity contribution in [1.29, 1.82) is 0 Å². The van der Waals surface area contributed by atoms with Crippen LogP contribution in [-0.4, -0.2) is 41.2 Å². The van der Waals surface area contributed by atoms with Crippen LogP contribution in [0.1, 0.15) is 44.3 Å². The number of aliphatic hydroxyl groups excluding tert-OH is 1. The molecule has 0 amide bonds. The summed E-state index contributed by atoms with van der Waals surface area (Å²) in [6, 6.07) is 8.84. The normalized spacial score (nSPS) is 29.1. The molecule has 4 unspecified atom stereocenters. The largest absolute Gasteiger partial charge is 0.387 e. The summed E-state index contributed by atoms with van der Waals surface area (Å²) in [6.45, 7) is 4.55. The Morgan fingerprint density at radius 3 is 2.76 bits per heavy atom. The van der Waals surface area contributed by atoms with E-state index in [1.807, 2.05) is 24.3 Å². The molecule has 2 heterocycles. The summed E-state index contributed by atoms with van der Waals surface area (Å²) in [4.78, 5) is 2.62. The minimum atomic E-state index is -0.483. The van der Waals surface area contributed by atoms with Crippen LogP contribution in [0.3, 0.4) is 0 Å². The smallest absolute Gasteiger partial charge is 0.0940 e. The maximum absolute atomic E-state index is 10.5. The van der Waals surface area contributed by atoms with Crippen molar-refractivity contribution in [3.05, 3.63) is 34.9 Å². The number of nitrogens with one attached hydrogen (secondary N) is 1. The van der Waals surface area contributed by atoms with Gasteiger partial charge in [-0.15, -0.1) is 0 Å². The Balaban J connectivity index is 1.55. The highest BCUT2D eigenvalue weighted by atomic mass is 35.5. The van der Waals surface area contributed by atoms with E-state index in [0.29, 0.717) is 11.1 Å². The van der Waals surface area contributed by atoms with Gasteiger partial charge in [-0.25, -0.2) is 0 Å². The van der Waals surface area contributed by atoms with Crippen molar-refractivity contribution < 1.29 is 5.11 Å². The summed E-state index contributed by atoms with van der Waals surface area (Å²) in [5.74, 6) is 0. The summed E-state index contributed by atoms with van der Waals surface area (Å²) in [5.41, 5.74) is 0.928. The average molecular weight is 309 g/mol. The molecule has 2 fully saturated rings. The van der Waals surface area contributed by atoms with Crippen molar-refractivity contribution in [3.8, 4) is 0 Å². The van der Waals surface area contributed by atoms with Crippen molar-refractivity contribution in [2.24, 2.45) is 0 Å². The Morgan fingerprint density at radius 1 is 1.24 bits per heavy atom. The molecular weight excluding hydrogens is 284 g/mol. The van der Waals surface area contributed by atoms with Crippen LogP contribution in [0.4, 0.5) is 0 Å². The molecular formula is C17H25ClN2O. The lowest BCUT2D eigenvalue weighted by atomic mass is 9.95. The third-order valence-electron chi connectivity index (χ3n) is 5.00. The first-order valence-corrected chi connectivity index (χ1v) is 8.45. The number of halogens is 1. The van der Waals surface area contributed by atoms with Crippen LogP contribution >= 0.6 is 11.6 Å². The zero-order valence-electron chi connectivity index (χ0n) is 12.6. The van der Waals surface area contributed by atoms with Crippen LogP contribution in [0.5, 0.6) is 0 Å². The van der Waals surface area contributed by atoms with Gasteiger partial charge < -0.3 is 15.3 Å². The minimum absolute atomic E-state index is 0.0594. The number of hydrogen-bond donors (Lipinski definition) is 2. The van der Waals surface area contributed by atoms with E-state index in [1.165, 1.54) is 38.8 Å². The molecule has 4 heteroatoms. The molecule has 1 aromatic carbocycles. The van der Waals surface area contributed by atoms with Crippen LogP contribution in [-0.2, 0) is 0 Å². The molecule has 4 atom stereocenters. The van der Waals surface area contributed by atoms with Gasteiger partial charge >= 0.3 is 0 Å². The Hall–Kier alpha value is -0.610. The lowest BCUT2D eigenvalue weighted by Crippen LogP contribution is -2.49. The molecule has 2 aliphatic heterocycles. The Labute approximate surface area is 132 Å². The molecule has 0 aromatic heterocycles. The molecule has 21 heavy (non-hydrogen) atoms. The number of rotatable bonds is 4. The summed E-state index contributed by atoms with van der Waals surface area (Å²) in [6.07, 6.45) is 4.61. The second-order valence-electron chi connectivity index (χ2n) is 6.51. The van der Waals surface area contributed by atoms with Gasteiger partial charge in [0.05, 0.1) is 6.10 Å². The van der Waals surface area contributed by atoms with E-state index in [4.69, 9.17) is 11.6 Å². The maximum Gasteiger partial charge on any atom is 0.0940 e. The first-order chi connectivity index (χ1) is 10.1. The van der Waals surface area contributed by atoms with Crippen LogP contribution < -0.4 is 5.32 Å². The Kier molecular flexibility index (Phi) is 4.85. The minimum Gasteiger partial charge on any atom is -0.387 e. The van der Waals surface area contributed by atoms with Crippen LogP contribution in [0, 0.1) is 0 Å². The highest BCUT2D eigenvalue weighted by Gasteiger charge is 2.32. The third-order valence-corrected chi connectivity index (χ3v) is 5.26. The summed E-state index contributed by atoms with van der Waals surface area (Å²) in [7, 11) is 0. The van der Waals surface area contributed by atoms with E-state index >= 15 is 0 Å². The Morgan fingerprint density at radius 2 is 2.00 bits per heavy atom. The lowest BCUT2D eigenvalue weighted by molar-refractivity contribution is 0.107. The van der Waals surface area contributed by atoms with Crippen LogP contribution in [0.25, 0.3) is 0 Å². The third kappa shape index (κ3) is 3.59. The maximum atomic E-state index is 10.5. The monoisotopic (exact) mass is 308 g/mol. The van der Waals surface area contributed by atoms with Crippen LogP contribution in [0.2, 0.25) is 5.02 Å². The second-order valence-corrected chi connectivity index (χ2v) is 6.94. The predicted molar refractivity (Wildman–Crippen MR) is 86.6 cm³/mol. The highest BCUT2D eigenvalue weighted by Crippen LogP contribution is 2.28. The fourth-order valence-corrected chi connectivity index (χ4v) is 3.91. The van der Waals surface area contributed by atoms with Gasteiger partial charge in [-0.1, -0.05) is 23.7 Å². The van der Waals surface area contributed by atoms with E-state index in [2.05, 4.69) is 17.1 Å². The van der Waals surface area contributed by atoms with Crippen molar-refractivity contribution in [3.63, 3.8) is 0 Å². The van der Waals surface area contributed by atoms with Crippen molar-refractivity contribution in [2.45, 2.75) is 56.8 Å². The fraction of sp³-hybridized carbons (Fsp3) is 0.647. The van der Waals surface area contributed by atoms with E-state index in [0.717, 1.165) is 11.6 Å². The van der Waals surface area contributed by atoms with Gasteiger partial charge in [-0.05, 0) is 63.4 Å². The van der Waals surface area contributed by atoms with Gasteiger partial charge in [-0.3, -0.25) is 0 Å². The quantitative estimate of drug-likeness (QED) is 0.897. The predicted octanol–water partition coefficient (Wildman–Crippen LogP) is 2.98. The fourth-order valence-electron chi connectivity index (χ4n) is 3.79. The molecule has 2 aliphatic rings. The number of fused-ring (bicyclic) bond motifs is 1. The molecule has 3 rings (SSSR count). The zero-order chi connectivity index (χ0) is 14.8. The second kappa shape index (κ2) is 6.66. The van der Waals surface area contributed by atoms with Gasteiger partial charge in [-0.2, -0.15) is 0 Å². The molecule has 2 N–H and O–H groups in total. The zero-order valence-corrected chi connectivity index (χ0v) is 13.4. The van der Waals surface area contributed by atoms with Crippen molar-refractivity contribution >= 4 is 11.6 Å². The van der Waals surface area contributed by atoms with Crippen molar-refractivity contribution in [1.82, 2.24) is 10.2 Å². The number of piperidine rings is 1. The summed E-state index contributed by atoms with van der Waals surface area (Å²) in [5, 5.41) is 14.8. The first kappa shape index (κ1) is 15.3. The molecule has 3 nitrogen and oxygen atoms in total. The average Bonchev–Trinajstić information content (AvgIpc) is 2.95. The standard InChI is InChI=1S/C17H25ClN2O/c1-12(17(21)13-4-6-14(18)7-5-13)19-15-8-10-20-9-2-3-16(20)11-15/h4-7,12,15-17,19,21H,2-3,8-11H2,1H3. The van der Waals surface area contributed by atoms with Crippen LogP contribution in [0.15, 0.2) is 24.3 Å². The number of hydrogen-bond acceptors (Lipinski definition) is 3. The number of benzene rings is 1. The van der Waals surface area contributed by atoms with E-state index in [1.54, 1.807) is 0 Å². The SMILES string of the molecule is CC(NC1CCN2CCCC2C1)C(O)c1ccc(Cl)cc1. The number of aliphatic hydroxyl groups is 1. The summed E-state index contributed by atoms with van der Waals surface area (Å²) < 4.78 is 0. The molecule has 0 aliphatic carbocycles. The molecule has 0 saturated carbocycles. The van der Waals surface area contributed by atoms with Gasteiger partial charge in [0.1, 0.15) is 0 Å². The summed E-state index contributed by atoms with van der Waals surface area (Å²) >= 11 is 5.90. The van der Waals surface area contributed by atoms with Crippen molar-refractivity contribution in [2.75, 3.05) is 13.1 Å². The number of nitrogens with zero attached hydrogens (tertiary/aromatic N) is 1. The molecule has 0 spiro atoms. The molecule has 1 aromatic rings. The van der Waals surface area contributed by atoms with Gasteiger partial charge in [0, 0.05) is 23.1 Å². The van der Waals surface area contributed by atoms with Gasteiger partial charge in [0.25, 0.3) is 0 Å². The topological polar surface area (TPSA) is 35.5 Å². The van der Waals surface area contributed by atoms with E-state index in [9.17, 15) is 5.11 Å². The molecule has 0 bridgehead atoms. The van der Waals surface area contributed by atoms with E-state index in [-0.39, 0.29) is 6.04 Å². The van der Waals surface area contributed by atoms with Gasteiger partial charge in [0.15, 0.2) is 0 Å². The molecule has 2 saturated heterocycles. The lowest BCUT2D eigenvalue weighted by Gasteiger charge is -2.37. The molecule has 0 radical (unpaired) electrons. The first-order valence-electron chi connectivity index (χ1n) is 8.07. The van der Waals surface area contributed by atoms with E-state index < -0.39 is 6.10 Å². The Bertz CT molecular complexity index is 464. The highest BCUT2D eigenvalue weighted by molar-refractivity contribution is 6.30. The molecule has 116 valence electrons. The van der Waals surface area contributed by atoms with Gasteiger partial charge in [0.2, 0.25) is 0 Å².